The highest BCUT2D eigenvalue weighted by atomic mass is 31.2. The van der Waals surface area contributed by atoms with E-state index in [-0.39, 0.29) is 19.1 Å². The third-order valence-electron chi connectivity index (χ3n) is 11.8. The van der Waals surface area contributed by atoms with Gasteiger partial charge in [0.05, 0.1) is 39.9 Å². The maximum Gasteiger partial charge on any atom is 0.268 e. The number of aliphatic hydroxyl groups is 1. The van der Waals surface area contributed by atoms with E-state index in [1.165, 1.54) is 135 Å². The Labute approximate surface area is 396 Å². The average molecular weight is 919 g/mol. The summed E-state index contributed by atoms with van der Waals surface area (Å²) in [6.45, 7) is 4.61. The second kappa shape index (κ2) is 46.3. The molecule has 0 saturated heterocycles. The molecule has 374 valence electrons. The Morgan fingerprint density at radius 1 is 0.562 bits per heavy atom. The maximum atomic E-state index is 13.0. The summed E-state index contributed by atoms with van der Waals surface area (Å²) < 4.78 is 23.4. The lowest BCUT2D eigenvalue weighted by Crippen LogP contribution is -2.46. The van der Waals surface area contributed by atoms with Gasteiger partial charge in [0.15, 0.2) is 0 Å². The highest BCUT2D eigenvalue weighted by molar-refractivity contribution is 7.45. The highest BCUT2D eigenvalue weighted by Crippen LogP contribution is 2.38. The number of allylic oxidation sites excluding steroid dienone is 10. The number of amides is 1. The first kappa shape index (κ1) is 62.2. The molecule has 0 radical (unpaired) electrons. The zero-order valence-corrected chi connectivity index (χ0v) is 43.4. The number of likely N-dealkylation sites (N-methyl/N-ethyl adjacent to an activating group) is 1. The van der Waals surface area contributed by atoms with Crippen LogP contribution in [0.3, 0.4) is 0 Å². The monoisotopic (exact) mass is 919 g/mol. The number of aliphatic hydroxyl groups excluding tert-OH is 1. The molecule has 64 heavy (non-hydrogen) atoms. The smallest absolute Gasteiger partial charge is 0.268 e. The second-order valence-corrected chi connectivity index (χ2v) is 20.6. The Bertz CT molecular complexity index is 1230. The van der Waals surface area contributed by atoms with Crippen LogP contribution >= 0.6 is 7.82 Å². The molecule has 0 aliphatic carbocycles. The summed E-state index contributed by atoms with van der Waals surface area (Å²) in [4.78, 5) is 25.5. The minimum absolute atomic E-state index is 0.00988. The molecule has 0 aromatic rings. The Hall–Kier alpha value is -1.80. The van der Waals surface area contributed by atoms with Crippen LogP contribution in [0, 0.1) is 0 Å². The predicted molar refractivity (Wildman–Crippen MR) is 274 cm³/mol. The summed E-state index contributed by atoms with van der Waals surface area (Å²) in [5, 5.41) is 14.0. The van der Waals surface area contributed by atoms with Crippen LogP contribution in [-0.2, 0) is 18.4 Å². The minimum Gasteiger partial charge on any atom is -0.756 e. The van der Waals surface area contributed by atoms with Gasteiger partial charge in [-0.05, 0) is 57.8 Å². The highest BCUT2D eigenvalue weighted by Gasteiger charge is 2.24. The van der Waals surface area contributed by atoms with Gasteiger partial charge in [-0.15, -0.1) is 0 Å². The van der Waals surface area contributed by atoms with Gasteiger partial charge in [0.25, 0.3) is 7.82 Å². The van der Waals surface area contributed by atoms with Crippen LogP contribution in [0.15, 0.2) is 60.8 Å². The van der Waals surface area contributed by atoms with Crippen LogP contribution in [0.1, 0.15) is 232 Å². The van der Waals surface area contributed by atoms with Crippen molar-refractivity contribution in [2.24, 2.45) is 0 Å². The van der Waals surface area contributed by atoms with E-state index < -0.39 is 20.0 Å². The normalized spacial score (nSPS) is 14.5. The largest absolute Gasteiger partial charge is 0.756 e. The van der Waals surface area contributed by atoms with Gasteiger partial charge in [-0.1, -0.05) is 229 Å². The van der Waals surface area contributed by atoms with Crippen molar-refractivity contribution in [1.29, 1.82) is 0 Å². The first-order chi connectivity index (χ1) is 31.0. The first-order valence-electron chi connectivity index (χ1n) is 26.6. The molecule has 0 bridgehead atoms. The van der Waals surface area contributed by atoms with Crippen molar-refractivity contribution in [2.45, 2.75) is 244 Å². The van der Waals surface area contributed by atoms with E-state index in [0.29, 0.717) is 23.9 Å². The molecule has 1 amide bonds. The van der Waals surface area contributed by atoms with Crippen molar-refractivity contribution in [1.82, 2.24) is 5.32 Å². The summed E-state index contributed by atoms with van der Waals surface area (Å²) >= 11 is 0. The minimum atomic E-state index is -4.57. The van der Waals surface area contributed by atoms with E-state index in [9.17, 15) is 19.4 Å². The van der Waals surface area contributed by atoms with E-state index >= 15 is 0 Å². The lowest BCUT2D eigenvalue weighted by Gasteiger charge is -2.30. The average Bonchev–Trinajstić information content (AvgIpc) is 3.25. The topological polar surface area (TPSA) is 108 Å². The van der Waals surface area contributed by atoms with Crippen molar-refractivity contribution in [3.8, 4) is 0 Å². The third-order valence-corrected chi connectivity index (χ3v) is 12.7. The fourth-order valence-corrected chi connectivity index (χ4v) is 8.32. The predicted octanol–water partition coefficient (Wildman–Crippen LogP) is 15.1. The number of rotatable bonds is 48. The van der Waals surface area contributed by atoms with E-state index in [1.54, 1.807) is 0 Å². The molecule has 0 aromatic heterocycles. The number of carbonyl (C=O) groups excluding carboxylic acids is 1. The molecule has 0 aliphatic heterocycles. The van der Waals surface area contributed by atoms with E-state index in [1.807, 2.05) is 21.1 Å². The number of hydrogen-bond donors (Lipinski definition) is 2. The Kier molecular flexibility index (Phi) is 45.0. The van der Waals surface area contributed by atoms with Gasteiger partial charge in [-0.25, -0.2) is 0 Å². The fourth-order valence-electron chi connectivity index (χ4n) is 7.60. The molecular weight excluding hydrogens is 816 g/mol. The van der Waals surface area contributed by atoms with E-state index in [2.05, 4.69) is 79.9 Å². The standard InChI is InChI=1S/C55H103N2O6P/c1-6-8-10-12-14-16-18-20-22-23-24-25-26-27-28-29-30-31-32-33-35-37-39-41-43-45-47-49-55(59)56-53(52-63-64(60,61)62-51-50-57(3,4)5)54(58)48-46-44-42-40-38-36-34-21-19-17-15-13-11-9-7-2/h8,10,14,16,20,22,24-25,27-28,53-54,58H,6-7,9,11-13,15,17-19,21,23,26,29-52H2,1-5H3,(H-,56,59,60,61)/b10-8-,16-14-,22-20-,25-24-,28-27-. The van der Waals surface area contributed by atoms with Crippen molar-refractivity contribution in [2.75, 3.05) is 40.9 Å². The van der Waals surface area contributed by atoms with Crippen molar-refractivity contribution in [3.05, 3.63) is 60.8 Å². The number of hydrogen-bond acceptors (Lipinski definition) is 6. The summed E-state index contributed by atoms with van der Waals surface area (Å²) in [6, 6.07) is -0.804. The van der Waals surface area contributed by atoms with E-state index in [0.717, 1.165) is 70.6 Å². The first-order valence-corrected chi connectivity index (χ1v) is 28.1. The molecule has 3 unspecified atom stereocenters. The molecule has 0 saturated carbocycles. The number of quaternary nitrogens is 1. The van der Waals surface area contributed by atoms with Gasteiger partial charge in [-0.3, -0.25) is 9.36 Å². The zero-order valence-electron chi connectivity index (χ0n) is 42.5. The number of nitrogens with one attached hydrogen (secondary N) is 1. The van der Waals surface area contributed by atoms with E-state index in [4.69, 9.17) is 9.05 Å². The lowest BCUT2D eigenvalue weighted by molar-refractivity contribution is -0.870. The Morgan fingerprint density at radius 2 is 0.953 bits per heavy atom. The Morgan fingerprint density at radius 3 is 1.39 bits per heavy atom. The lowest BCUT2D eigenvalue weighted by atomic mass is 10.0. The van der Waals surface area contributed by atoms with Crippen LogP contribution in [-0.4, -0.2) is 68.5 Å². The number of phosphoric ester groups is 1. The Balaban J connectivity index is 4.19. The van der Waals surface area contributed by atoms with Crippen molar-refractivity contribution >= 4 is 13.7 Å². The molecule has 0 aromatic carbocycles. The van der Waals surface area contributed by atoms with Gasteiger partial charge < -0.3 is 28.8 Å². The van der Waals surface area contributed by atoms with Crippen LogP contribution in [0.4, 0.5) is 0 Å². The molecule has 0 rings (SSSR count). The van der Waals surface area contributed by atoms with Gasteiger partial charge in [-0.2, -0.15) is 0 Å². The van der Waals surface area contributed by atoms with Gasteiger partial charge in [0, 0.05) is 6.42 Å². The van der Waals surface area contributed by atoms with Crippen LogP contribution in [0.5, 0.6) is 0 Å². The molecule has 3 atom stereocenters. The molecule has 0 fully saturated rings. The third kappa shape index (κ3) is 48.1. The summed E-state index contributed by atoms with van der Waals surface area (Å²) in [5.41, 5.74) is 0. The zero-order chi connectivity index (χ0) is 47.1. The molecule has 0 aliphatic rings. The number of carbonyl (C=O) groups is 1. The molecular formula is C55H103N2O6P. The fraction of sp³-hybridized carbons (Fsp3) is 0.800. The molecule has 2 N–H and O–H groups in total. The van der Waals surface area contributed by atoms with Crippen LogP contribution in [0.2, 0.25) is 0 Å². The SMILES string of the molecule is CC/C=C\C/C=C\C/C=C\C/C=C\C/C=C\CCCCCCCCCCCCCC(=O)NC(COP(=O)([O-])OCC[N+](C)(C)C)C(O)CCCCCCCCCCCCCCCCC. The maximum absolute atomic E-state index is 13.0. The number of phosphoric acid groups is 1. The second-order valence-electron chi connectivity index (χ2n) is 19.2. The van der Waals surface area contributed by atoms with Crippen molar-refractivity contribution in [3.63, 3.8) is 0 Å². The van der Waals surface area contributed by atoms with Gasteiger partial charge in [0.1, 0.15) is 13.2 Å². The van der Waals surface area contributed by atoms with Crippen molar-refractivity contribution < 1.29 is 32.9 Å². The molecule has 0 heterocycles. The molecule has 9 heteroatoms. The summed E-state index contributed by atoms with van der Waals surface area (Å²) in [6.07, 6.45) is 60.9. The molecule has 0 spiro atoms. The molecule has 8 nitrogen and oxygen atoms in total. The number of nitrogens with zero attached hydrogens (tertiary/aromatic N) is 1. The van der Waals surface area contributed by atoms with Crippen LogP contribution < -0.4 is 10.2 Å². The van der Waals surface area contributed by atoms with Crippen LogP contribution in [0.25, 0.3) is 0 Å². The van der Waals surface area contributed by atoms with Gasteiger partial charge in [0.2, 0.25) is 5.91 Å². The number of unbranched alkanes of at least 4 members (excludes halogenated alkanes) is 25. The van der Waals surface area contributed by atoms with Gasteiger partial charge >= 0.3 is 0 Å². The summed E-state index contributed by atoms with van der Waals surface area (Å²) in [7, 11) is 1.30. The summed E-state index contributed by atoms with van der Waals surface area (Å²) in [5.74, 6) is -0.169. The quantitative estimate of drug-likeness (QED) is 0.0272.